The Morgan fingerprint density at radius 2 is 1.76 bits per heavy atom. The standard InChI is InChI=1S/C17H14N4/c1-11-2-7-16-15(10-11)20-17-19-14(8-9-21(16)17)12-3-5-13(18)6-4-12/h2-10H,18H2,1H3. The maximum absolute atomic E-state index is 5.72. The number of nitrogens with two attached hydrogens (primary N) is 1. The second-order valence-electron chi connectivity index (χ2n) is 5.21. The topological polar surface area (TPSA) is 56.2 Å². The Kier molecular flexibility index (Phi) is 2.44. The number of rotatable bonds is 1. The van der Waals surface area contributed by atoms with Crippen molar-refractivity contribution in [2.24, 2.45) is 0 Å². The minimum atomic E-state index is 0.713. The van der Waals surface area contributed by atoms with Crippen LogP contribution in [0.3, 0.4) is 0 Å². The summed E-state index contributed by atoms with van der Waals surface area (Å²) in [5.41, 5.74) is 11.7. The predicted molar refractivity (Wildman–Crippen MR) is 85.1 cm³/mol. The smallest absolute Gasteiger partial charge is 0.235 e. The molecule has 0 aliphatic heterocycles. The van der Waals surface area contributed by atoms with Crippen LogP contribution in [-0.2, 0) is 0 Å². The first-order chi connectivity index (χ1) is 10.2. The van der Waals surface area contributed by atoms with E-state index in [-0.39, 0.29) is 0 Å². The maximum atomic E-state index is 5.72. The van der Waals surface area contributed by atoms with Crippen molar-refractivity contribution in [2.75, 3.05) is 5.73 Å². The highest BCUT2D eigenvalue weighted by Gasteiger charge is 2.07. The molecule has 21 heavy (non-hydrogen) atoms. The molecule has 0 aliphatic rings. The number of nitrogen functional groups attached to an aromatic ring is 1. The van der Waals surface area contributed by atoms with Crippen LogP contribution in [0.25, 0.3) is 28.1 Å². The first-order valence-electron chi connectivity index (χ1n) is 6.82. The van der Waals surface area contributed by atoms with Gasteiger partial charge in [0, 0.05) is 17.4 Å². The third-order valence-corrected chi connectivity index (χ3v) is 3.63. The van der Waals surface area contributed by atoms with Crippen LogP contribution in [0.15, 0.2) is 54.7 Å². The van der Waals surface area contributed by atoms with Gasteiger partial charge in [0.05, 0.1) is 16.7 Å². The van der Waals surface area contributed by atoms with E-state index >= 15 is 0 Å². The fourth-order valence-electron chi connectivity index (χ4n) is 2.53. The van der Waals surface area contributed by atoms with Gasteiger partial charge < -0.3 is 5.73 Å². The number of hydrogen-bond donors (Lipinski definition) is 1. The summed E-state index contributed by atoms with van der Waals surface area (Å²) >= 11 is 0. The van der Waals surface area contributed by atoms with E-state index in [0.717, 1.165) is 28.0 Å². The van der Waals surface area contributed by atoms with Crippen molar-refractivity contribution in [3.05, 3.63) is 60.3 Å². The first-order valence-corrected chi connectivity index (χ1v) is 6.82. The number of imidazole rings is 1. The Morgan fingerprint density at radius 3 is 2.57 bits per heavy atom. The molecule has 0 fully saturated rings. The molecule has 4 nitrogen and oxygen atoms in total. The molecule has 4 aromatic rings. The third kappa shape index (κ3) is 1.92. The van der Waals surface area contributed by atoms with Crippen molar-refractivity contribution in [3.63, 3.8) is 0 Å². The molecule has 2 aromatic carbocycles. The van der Waals surface area contributed by atoms with E-state index in [0.29, 0.717) is 5.78 Å². The molecule has 0 radical (unpaired) electrons. The van der Waals surface area contributed by atoms with Crippen molar-refractivity contribution in [1.82, 2.24) is 14.4 Å². The van der Waals surface area contributed by atoms with Gasteiger partial charge in [-0.25, -0.2) is 9.97 Å². The van der Waals surface area contributed by atoms with Crippen LogP contribution in [0.5, 0.6) is 0 Å². The molecule has 0 spiro atoms. The summed E-state index contributed by atoms with van der Waals surface area (Å²) in [4.78, 5) is 9.26. The Balaban J connectivity index is 1.93. The summed E-state index contributed by atoms with van der Waals surface area (Å²) < 4.78 is 2.01. The van der Waals surface area contributed by atoms with E-state index in [1.165, 1.54) is 5.56 Å². The molecule has 0 atom stereocenters. The molecule has 4 rings (SSSR count). The predicted octanol–water partition coefficient (Wildman–Crippen LogP) is 3.44. The molecule has 2 aromatic heterocycles. The Morgan fingerprint density at radius 1 is 0.952 bits per heavy atom. The molecule has 102 valence electrons. The van der Waals surface area contributed by atoms with E-state index in [9.17, 15) is 0 Å². The second kappa shape index (κ2) is 4.31. The Hall–Kier alpha value is -2.88. The largest absolute Gasteiger partial charge is 0.399 e. The highest BCUT2D eigenvalue weighted by atomic mass is 15.1. The molecule has 0 aliphatic carbocycles. The van der Waals surface area contributed by atoms with Crippen LogP contribution >= 0.6 is 0 Å². The highest BCUT2D eigenvalue weighted by molar-refractivity contribution is 5.80. The van der Waals surface area contributed by atoms with E-state index in [2.05, 4.69) is 35.1 Å². The van der Waals surface area contributed by atoms with Gasteiger partial charge in [0.25, 0.3) is 0 Å². The average Bonchev–Trinajstić information content (AvgIpc) is 2.84. The van der Waals surface area contributed by atoms with Crippen LogP contribution in [0.4, 0.5) is 5.69 Å². The molecular formula is C17H14N4. The van der Waals surface area contributed by atoms with Crippen LogP contribution in [0.2, 0.25) is 0 Å². The fraction of sp³-hybridized carbons (Fsp3) is 0.0588. The summed E-state index contributed by atoms with van der Waals surface area (Å²) in [7, 11) is 0. The van der Waals surface area contributed by atoms with Crippen molar-refractivity contribution in [2.45, 2.75) is 6.92 Å². The summed E-state index contributed by atoms with van der Waals surface area (Å²) in [5.74, 6) is 0.713. The molecule has 0 unspecified atom stereocenters. The lowest BCUT2D eigenvalue weighted by molar-refractivity contribution is 1.14. The van der Waals surface area contributed by atoms with Crippen LogP contribution in [-0.4, -0.2) is 14.4 Å². The quantitative estimate of drug-likeness (QED) is 0.541. The van der Waals surface area contributed by atoms with Crippen LogP contribution < -0.4 is 5.73 Å². The van der Waals surface area contributed by atoms with Crippen molar-refractivity contribution < 1.29 is 0 Å². The summed E-state index contributed by atoms with van der Waals surface area (Å²) in [5, 5.41) is 0. The van der Waals surface area contributed by atoms with Gasteiger partial charge >= 0.3 is 0 Å². The summed E-state index contributed by atoms with van der Waals surface area (Å²) in [6.07, 6.45) is 2.01. The highest BCUT2D eigenvalue weighted by Crippen LogP contribution is 2.22. The minimum Gasteiger partial charge on any atom is -0.399 e. The molecule has 2 heterocycles. The van der Waals surface area contributed by atoms with Gasteiger partial charge in [0.2, 0.25) is 5.78 Å². The van der Waals surface area contributed by atoms with E-state index in [4.69, 9.17) is 5.73 Å². The van der Waals surface area contributed by atoms with Crippen molar-refractivity contribution in [1.29, 1.82) is 0 Å². The number of nitrogens with zero attached hydrogens (tertiary/aromatic N) is 3. The molecular weight excluding hydrogens is 260 g/mol. The van der Waals surface area contributed by atoms with Gasteiger partial charge in [-0.15, -0.1) is 0 Å². The van der Waals surface area contributed by atoms with E-state index < -0.39 is 0 Å². The Labute approximate surface area is 121 Å². The van der Waals surface area contributed by atoms with Gasteiger partial charge in [0.1, 0.15) is 0 Å². The lowest BCUT2D eigenvalue weighted by Crippen LogP contribution is -1.91. The zero-order valence-corrected chi connectivity index (χ0v) is 11.6. The fourth-order valence-corrected chi connectivity index (χ4v) is 2.53. The zero-order chi connectivity index (χ0) is 14.4. The normalized spacial score (nSPS) is 11.3. The van der Waals surface area contributed by atoms with E-state index in [1.807, 2.05) is 40.9 Å². The van der Waals surface area contributed by atoms with Gasteiger partial charge in [-0.05, 0) is 42.8 Å². The lowest BCUT2D eigenvalue weighted by Gasteiger charge is -2.02. The van der Waals surface area contributed by atoms with Crippen molar-refractivity contribution >= 4 is 22.5 Å². The Bertz CT molecular complexity index is 952. The maximum Gasteiger partial charge on any atom is 0.235 e. The van der Waals surface area contributed by atoms with E-state index in [1.54, 1.807) is 0 Å². The van der Waals surface area contributed by atoms with Crippen LogP contribution in [0.1, 0.15) is 5.56 Å². The number of benzene rings is 2. The van der Waals surface area contributed by atoms with Gasteiger partial charge in [-0.3, -0.25) is 4.40 Å². The average molecular weight is 274 g/mol. The van der Waals surface area contributed by atoms with Crippen molar-refractivity contribution in [3.8, 4) is 11.3 Å². The summed E-state index contributed by atoms with van der Waals surface area (Å²) in [6.45, 7) is 2.07. The molecule has 0 saturated heterocycles. The minimum absolute atomic E-state index is 0.713. The van der Waals surface area contributed by atoms with Gasteiger partial charge in [-0.2, -0.15) is 0 Å². The van der Waals surface area contributed by atoms with Gasteiger partial charge in [-0.1, -0.05) is 18.2 Å². The number of fused-ring (bicyclic) bond motifs is 3. The summed E-state index contributed by atoms with van der Waals surface area (Å²) in [6, 6.07) is 16.0. The SMILES string of the molecule is Cc1ccc2c(c1)nc1nc(-c3ccc(N)cc3)ccn12. The molecule has 0 bridgehead atoms. The first kappa shape index (κ1) is 11.9. The van der Waals surface area contributed by atoms with Gasteiger partial charge in [0.15, 0.2) is 0 Å². The molecule has 2 N–H and O–H groups in total. The number of aromatic nitrogens is 3. The molecule has 0 amide bonds. The number of aryl methyl sites for hydroxylation is 1. The molecule has 4 heteroatoms. The third-order valence-electron chi connectivity index (χ3n) is 3.63. The number of anilines is 1. The lowest BCUT2D eigenvalue weighted by atomic mass is 10.1. The number of hydrogen-bond acceptors (Lipinski definition) is 3. The second-order valence-corrected chi connectivity index (χ2v) is 5.21. The monoisotopic (exact) mass is 274 g/mol. The molecule has 0 saturated carbocycles. The zero-order valence-electron chi connectivity index (χ0n) is 11.6. The van der Waals surface area contributed by atoms with Crippen LogP contribution in [0, 0.1) is 6.92 Å².